The fraction of sp³-hybridized carbons (Fsp3) is 0.478. The first kappa shape index (κ1) is 20.8. The molecule has 0 saturated carbocycles. The number of morpholine rings is 1. The fourth-order valence-corrected chi connectivity index (χ4v) is 4.18. The Morgan fingerprint density at radius 3 is 2.87 bits per heavy atom. The van der Waals surface area contributed by atoms with E-state index in [1.807, 2.05) is 37.4 Å². The minimum atomic E-state index is 0.0312. The zero-order valence-electron chi connectivity index (χ0n) is 17.5. The lowest BCUT2D eigenvalue weighted by Crippen LogP contribution is -2.46. The molecule has 1 N–H and O–H groups in total. The van der Waals surface area contributed by atoms with Crippen molar-refractivity contribution in [2.45, 2.75) is 25.6 Å². The van der Waals surface area contributed by atoms with Gasteiger partial charge in [-0.2, -0.15) is 0 Å². The molecule has 7 heteroatoms. The van der Waals surface area contributed by atoms with E-state index in [1.165, 1.54) is 0 Å². The monoisotopic (exact) mass is 410 g/mol. The first-order chi connectivity index (χ1) is 14.7. The van der Waals surface area contributed by atoms with Crippen LogP contribution in [-0.2, 0) is 16.1 Å². The van der Waals surface area contributed by atoms with E-state index in [4.69, 9.17) is 9.47 Å². The van der Waals surface area contributed by atoms with Gasteiger partial charge in [-0.1, -0.05) is 24.3 Å². The molecule has 4 rings (SSSR count). The van der Waals surface area contributed by atoms with Crippen LogP contribution in [-0.4, -0.2) is 72.7 Å². The van der Waals surface area contributed by atoms with Crippen LogP contribution in [0, 0.1) is 0 Å². The average Bonchev–Trinajstić information content (AvgIpc) is 2.92. The predicted octanol–water partition coefficient (Wildman–Crippen LogP) is 1.85. The third-order valence-electron chi connectivity index (χ3n) is 5.63. The number of fused-ring (bicyclic) bond motifs is 1. The Kier molecular flexibility index (Phi) is 6.94. The van der Waals surface area contributed by atoms with Gasteiger partial charge in [-0.15, -0.1) is 0 Å². The summed E-state index contributed by atoms with van der Waals surface area (Å²) < 4.78 is 11.5. The van der Waals surface area contributed by atoms with Crippen LogP contribution >= 0.6 is 0 Å². The number of carbonyl (C=O) groups is 1. The molecule has 1 amide bonds. The van der Waals surface area contributed by atoms with E-state index in [-0.39, 0.29) is 18.1 Å². The topological polar surface area (TPSA) is 66.9 Å². The summed E-state index contributed by atoms with van der Waals surface area (Å²) in [5.41, 5.74) is 2.24. The van der Waals surface area contributed by atoms with E-state index in [9.17, 15) is 4.79 Å². The van der Waals surface area contributed by atoms with E-state index in [2.05, 4.69) is 32.2 Å². The molecule has 2 aliphatic heterocycles. The first-order valence-corrected chi connectivity index (χ1v) is 10.6. The van der Waals surface area contributed by atoms with E-state index in [0.717, 1.165) is 49.7 Å². The van der Waals surface area contributed by atoms with Gasteiger partial charge in [0.25, 0.3) is 0 Å². The van der Waals surface area contributed by atoms with Crippen LogP contribution in [0.3, 0.4) is 0 Å². The molecule has 0 unspecified atom stereocenters. The van der Waals surface area contributed by atoms with Gasteiger partial charge in [-0.25, -0.2) is 0 Å². The molecule has 7 nitrogen and oxygen atoms in total. The predicted molar refractivity (Wildman–Crippen MR) is 114 cm³/mol. The zero-order valence-corrected chi connectivity index (χ0v) is 17.5. The highest BCUT2D eigenvalue weighted by Crippen LogP contribution is 2.24. The van der Waals surface area contributed by atoms with Crippen LogP contribution in [0.25, 0.3) is 0 Å². The van der Waals surface area contributed by atoms with Crippen molar-refractivity contribution >= 4 is 5.91 Å². The minimum Gasteiger partial charge on any atom is -0.489 e. The van der Waals surface area contributed by atoms with Crippen molar-refractivity contribution in [3.63, 3.8) is 0 Å². The van der Waals surface area contributed by atoms with Crippen molar-refractivity contribution in [1.29, 1.82) is 0 Å². The molecular weight excluding hydrogens is 380 g/mol. The van der Waals surface area contributed by atoms with Gasteiger partial charge in [0.1, 0.15) is 11.9 Å². The number of rotatable bonds is 6. The van der Waals surface area contributed by atoms with Crippen LogP contribution in [0.4, 0.5) is 0 Å². The second kappa shape index (κ2) is 10.0. The third kappa shape index (κ3) is 5.36. The first-order valence-electron chi connectivity index (χ1n) is 10.6. The number of pyridine rings is 1. The Bertz CT molecular complexity index is 826. The number of amides is 1. The quantitative estimate of drug-likeness (QED) is 0.784. The zero-order chi connectivity index (χ0) is 20.8. The Balaban J connectivity index is 1.37. The highest BCUT2D eigenvalue weighted by Gasteiger charge is 2.25. The molecule has 160 valence electrons. The molecule has 2 aromatic rings. The van der Waals surface area contributed by atoms with Crippen molar-refractivity contribution in [2.24, 2.45) is 0 Å². The number of hydrogen-bond acceptors (Lipinski definition) is 6. The molecule has 0 bridgehead atoms. The van der Waals surface area contributed by atoms with Gasteiger partial charge in [-0.3, -0.25) is 19.6 Å². The summed E-state index contributed by atoms with van der Waals surface area (Å²) in [6, 6.07) is 12.2. The molecule has 2 aliphatic rings. The largest absolute Gasteiger partial charge is 0.489 e. The Morgan fingerprint density at radius 2 is 2.07 bits per heavy atom. The SMILES string of the molecule is C[C@H]1CN(CC(=O)NC[C@@H](c2cccnc2)N2CCOCC2)Cc2ccccc2O1. The van der Waals surface area contributed by atoms with Gasteiger partial charge in [-0.05, 0) is 24.6 Å². The number of benzene rings is 1. The summed E-state index contributed by atoms with van der Waals surface area (Å²) in [6.45, 7) is 7.53. The number of aromatic nitrogens is 1. The number of carbonyl (C=O) groups excluding carboxylic acids is 1. The van der Waals surface area contributed by atoms with Gasteiger partial charge >= 0.3 is 0 Å². The fourth-order valence-electron chi connectivity index (χ4n) is 4.18. The molecule has 3 heterocycles. The Labute approximate surface area is 178 Å². The molecule has 0 radical (unpaired) electrons. The summed E-state index contributed by atoms with van der Waals surface area (Å²) in [5.74, 6) is 0.945. The number of para-hydroxylation sites is 1. The van der Waals surface area contributed by atoms with Crippen molar-refractivity contribution in [1.82, 2.24) is 20.1 Å². The highest BCUT2D eigenvalue weighted by atomic mass is 16.5. The van der Waals surface area contributed by atoms with Crippen LogP contribution in [0.5, 0.6) is 5.75 Å². The Morgan fingerprint density at radius 1 is 1.23 bits per heavy atom. The smallest absolute Gasteiger partial charge is 0.234 e. The van der Waals surface area contributed by atoms with Gasteiger partial charge in [0.2, 0.25) is 5.91 Å². The van der Waals surface area contributed by atoms with E-state index >= 15 is 0 Å². The molecule has 0 aliphatic carbocycles. The second-order valence-corrected chi connectivity index (χ2v) is 7.96. The molecule has 2 atom stereocenters. The average molecular weight is 411 g/mol. The van der Waals surface area contributed by atoms with Crippen LogP contribution < -0.4 is 10.1 Å². The maximum atomic E-state index is 12.8. The minimum absolute atomic E-state index is 0.0312. The maximum Gasteiger partial charge on any atom is 0.234 e. The van der Waals surface area contributed by atoms with Gasteiger partial charge < -0.3 is 14.8 Å². The number of hydrogen-bond donors (Lipinski definition) is 1. The Hall–Kier alpha value is -2.48. The van der Waals surface area contributed by atoms with Crippen molar-refractivity contribution < 1.29 is 14.3 Å². The van der Waals surface area contributed by atoms with Crippen molar-refractivity contribution in [2.75, 3.05) is 45.9 Å². The summed E-state index contributed by atoms with van der Waals surface area (Å²) in [7, 11) is 0. The molecule has 1 fully saturated rings. The van der Waals surface area contributed by atoms with Gasteiger partial charge in [0.15, 0.2) is 0 Å². The lowest BCUT2D eigenvalue weighted by molar-refractivity contribution is -0.122. The number of nitrogens with one attached hydrogen (secondary N) is 1. The van der Waals surface area contributed by atoms with Crippen molar-refractivity contribution in [3.05, 3.63) is 59.9 Å². The lowest BCUT2D eigenvalue weighted by atomic mass is 10.1. The van der Waals surface area contributed by atoms with E-state index in [1.54, 1.807) is 6.20 Å². The molecule has 0 spiro atoms. The van der Waals surface area contributed by atoms with Gasteiger partial charge in [0.05, 0.1) is 25.8 Å². The lowest BCUT2D eigenvalue weighted by Gasteiger charge is -2.34. The number of ether oxygens (including phenoxy) is 2. The second-order valence-electron chi connectivity index (χ2n) is 7.96. The molecule has 1 saturated heterocycles. The summed E-state index contributed by atoms with van der Waals surface area (Å²) >= 11 is 0. The normalized spacial score (nSPS) is 21.2. The summed E-state index contributed by atoms with van der Waals surface area (Å²) in [6.07, 6.45) is 3.70. The third-order valence-corrected chi connectivity index (χ3v) is 5.63. The highest BCUT2D eigenvalue weighted by molar-refractivity contribution is 5.78. The molecular formula is C23H30N4O3. The van der Waals surface area contributed by atoms with E-state index in [0.29, 0.717) is 19.6 Å². The molecule has 1 aromatic heterocycles. The van der Waals surface area contributed by atoms with Crippen LogP contribution in [0.15, 0.2) is 48.8 Å². The molecule has 1 aromatic carbocycles. The summed E-state index contributed by atoms with van der Waals surface area (Å²) in [4.78, 5) is 21.6. The standard InChI is InChI=1S/C23H30N4O3/c1-18-15-26(16-20-5-2-3-7-22(20)30-18)17-23(28)25-14-21(19-6-4-8-24-13-19)27-9-11-29-12-10-27/h2-8,13,18,21H,9-12,14-17H2,1H3,(H,25,28)/t18-,21-/m0/s1. The molecule has 30 heavy (non-hydrogen) atoms. The number of nitrogens with zero attached hydrogens (tertiary/aromatic N) is 3. The van der Waals surface area contributed by atoms with Crippen LogP contribution in [0.1, 0.15) is 24.1 Å². The summed E-state index contributed by atoms with van der Waals surface area (Å²) in [5, 5.41) is 3.15. The van der Waals surface area contributed by atoms with E-state index < -0.39 is 0 Å². The van der Waals surface area contributed by atoms with Gasteiger partial charge in [0, 0.05) is 50.7 Å². The van der Waals surface area contributed by atoms with Crippen LogP contribution in [0.2, 0.25) is 0 Å². The van der Waals surface area contributed by atoms with Crippen molar-refractivity contribution in [3.8, 4) is 5.75 Å². The maximum absolute atomic E-state index is 12.8.